The van der Waals surface area contributed by atoms with E-state index in [-0.39, 0.29) is 5.91 Å². The maximum Gasteiger partial charge on any atom is 0.234 e. The Labute approximate surface area is 133 Å². The minimum absolute atomic E-state index is 0.0219. The van der Waals surface area contributed by atoms with Crippen molar-refractivity contribution in [1.29, 1.82) is 0 Å². The zero-order valence-electron chi connectivity index (χ0n) is 12.5. The third kappa shape index (κ3) is 2.99. The number of rotatable bonds is 4. The summed E-state index contributed by atoms with van der Waals surface area (Å²) in [5.74, 6) is 0.317. The average Bonchev–Trinajstić information content (AvgIpc) is 2.84. The van der Waals surface area contributed by atoms with E-state index >= 15 is 0 Å². The van der Waals surface area contributed by atoms with E-state index in [4.69, 9.17) is 0 Å². The van der Waals surface area contributed by atoms with Crippen molar-refractivity contribution in [1.82, 2.24) is 9.55 Å². The molecule has 3 rings (SSSR count). The Hall–Kier alpha value is -2.27. The molecule has 1 amide bonds. The summed E-state index contributed by atoms with van der Waals surface area (Å²) in [7, 11) is 1.97. The predicted molar refractivity (Wildman–Crippen MR) is 91.2 cm³/mol. The first-order chi connectivity index (χ1) is 10.6. The minimum atomic E-state index is -0.0219. The lowest BCUT2D eigenvalue weighted by molar-refractivity contribution is -0.113. The highest BCUT2D eigenvalue weighted by Crippen LogP contribution is 2.23. The van der Waals surface area contributed by atoms with Crippen LogP contribution in [0.5, 0.6) is 0 Å². The molecule has 3 aromatic rings. The Morgan fingerprint density at radius 3 is 2.68 bits per heavy atom. The number of aryl methyl sites for hydroxylation is 2. The van der Waals surface area contributed by atoms with Crippen LogP contribution in [-0.2, 0) is 11.8 Å². The molecule has 0 atom stereocenters. The molecule has 22 heavy (non-hydrogen) atoms. The van der Waals surface area contributed by atoms with E-state index in [9.17, 15) is 4.79 Å². The van der Waals surface area contributed by atoms with Gasteiger partial charge >= 0.3 is 0 Å². The summed E-state index contributed by atoms with van der Waals surface area (Å²) in [5, 5.41) is 3.79. The number of thioether (sulfide) groups is 1. The van der Waals surface area contributed by atoms with E-state index < -0.39 is 0 Å². The summed E-state index contributed by atoms with van der Waals surface area (Å²) < 4.78 is 2.01. The molecule has 0 saturated carbocycles. The molecule has 112 valence electrons. The second kappa shape index (κ2) is 6.23. The van der Waals surface area contributed by atoms with Gasteiger partial charge in [0.2, 0.25) is 5.91 Å². The van der Waals surface area contributed by atoms with Crippen molar-refractivity contribution in [2.24, 2.45) is 7.05 Å². The first kappa shape index (κ1) is 14.7. The van der Waals surface area contributed by atoms with Gasteiger partial charge in [0, 0.05) is 12.7 Å². The number of carbonyl (C=O) groups excluding carboxylic acids is 1. The second-order valence-electron chi connectivity index (χ2n) is 5.09. The summed E-state index contributed by atoms with van der Waals surface area (Å²) in [6.45, 7) is 1.98. The number of amides is 1. The summed E-state index contributed by atoms with van der Waals surface area (Å²) in [6, 6.07) is 15.7. The first-order valence-electron chi connectivity index (χ1n) is 7.05. The van der Waals surface area contributed by atoms with Crippen LogP contribution in [0.4, 0.5) is 5.69 Å². The molecule has 0 bridgehead atoms. The van der Waals surface area contributed by atoms with Crippen molar-refractivity contribution >= 4 is 34.4 Å². The summed E-state index contributed by atoms with van der Waals surface area (Å²) in [4.78, 5) is 16.7. The number of nitrogens with zero attached hydrogens (tertiary/aromatic N) is 2. The van der Waals surface area contributed by atoms with Crippen molar-refractivity contribution in [3.8, 4) is 0 Å². The molecule has 0 aliphatic heterocycles. The molecule has 0 aliphatic rings. The quantitative estimate of drug-likeness (QED) is 0.749. The Kier molecular flexibility index (Phi) is 4.15. The number of carbonyl (C=O) groups is 1. The highest BCUT2D eigenvalue weighted by molar-refractivity contribution is 7.99. The number of aromatic nitrogens is 2. The van der Waals surface area contributed by atoms with E-state index in [0.29, 0.717) is 5.75 Å². The first-order valence-corrected chi connectivity index (χ1v) is 8.03. The van der Waals surface area contributed by atoms with Gasteiger partial charge in [-0.1, -0.05) is 42.1 Å². The number of hydrogen-bond donors (Lipinski definition) is 1. The lowest BCUT2D eigenvalue weighted by atomic mass is 10.2. The predicted octanol–water partition coefficient (Wildman–Crippen LogP) is 3.61. The summed E-state index contributed by atoms with van der Waals surface area (Å²) in [6.07, 6.45) is 0. The van der Waals surface area contributed by atoms with Crippen LogP contribution < -0.4 is 5.32 Å². The minimum Gasteiger partial charge on any atom is -0.325 e. The smallest absolute Gasteiger partial charge is 0.234 e. The Bertz CT molecular complexity index is 826. The summed E-state index contributed by atoms with van der Waals surface area (Å²) >= 11 is 1.45. The number of anilines is 1. The number of imidazole rings is 1. The molecular weight excluding hydrogens is 294 g/mol. The Morgan fingerprint density at radius 1 is 1.18 bits per heavy atom. The maximum atomic E-state index is 12.1. The SMILES string of the molecule is Cc1ccccc1NC(=O)CSc1nc2ccccc2n1C. The van der Waals surface area contributed by atoms with Crippen molar-refractivity contribution in [2.75, 3.05) is 11.1 Å². The molecule has 0 aliphatic carbocycles. The highest BCUT2D eigenvalue weighted by atomic mass is 32.2. The van der Waals surface area contributed by atoms with Crippen LogP contribution in [-0.4, -0.2) is 21.2 Å². The van der Waals surface area contributed by atoms with Crippen molar-refractivity contribution < 1.29 is 4.79 Å². The molecule has 0 unspecified atom stereocenters. The van der Waals surface area contributed by atoms with Gasteiger partial charge in [-0.15, -0.1) is 0 Å². The molecule has 0 fully saturated rings. The molecule has 2 aromatic carbocycles. The van der Waals surface area contributed by atoms with Crippen molar-refractivity contribution in [2.45, 2.75) is 12.1 Å². The fraction of sp³-hybridized carbons (Fsp3) is 0.176. The lowest BCUT2D eigenvalue weighted by Gasteiger charge is -2.07. The molecule has 5 heteroatoms. The van der Waals surface area contributed by atoms with E-state index in [1.165, 1.54) is 11.8 Å². The normalized spacial score (nSPS) is 10.8. The zero-order chi connectivity index (χ0) is 15.5. The van der Waals surface area contributed by atoms with Gasteiger partial charge in [-0.25, -0.2) is 4.98 Å². The van der Waals surface area contributed by atoms with E-state index in [2.05, 4.69) is 10.3 Å². The average molecular weight is 311 g/mol. The molecule has 0 spiro atoms. The Morgan fingerprint density at radius 2 is 1.91 bits per heavy atom. The standard InChI is InChI=1S/C17H17N3OS/c1-12-7-3-4-8-13(12)18-16(21)11-22-17-19-14-9-5-6-10-15(14)20(17)2/h3-10H,11H2,1-2H3,(H,18,21). The van der Waals surface area contributed by atoms with E-state index in [1.54, 1.807) is 0 Å². The van der Waals surface area contributed by atoms with Crippen LogP contribution in [0.25, 0.3) is 11.0 Å². The van der Waals surface area contributed by atoms with Gasteiger partial charge in [-0.3, -0.25) is 4.79 Å². The number of hydrogen-bond acceptors (Lipinski definition) is 3. The van der Waals surface area contributed by atoms with Gasteiger partial charge in [0.25, 0.3) is 0 Å². The van der Waals surface area contributed by atoms with Crippen LogP contribution in [0.3, 0.4) is 0 Å². The van der Waals surface area contributed by atoms with Crippen LogP contribution in [0.2, 0.25) is 0 Å². The van der Waals surface area contributed by atoms with Crippen LogP contribution in [0.1, 0.15) is 5.56 Å². The number of nitrogens with one attached hydrogen (secondary N) is 1. The fourth-order valence-electron chi connectivity index (χ4n) is 2.28. The van der Waals surface area contributed by atoms with E-state index in [0.717, 1.165) is 27.4 Å². The zero-order valence-corrected chi connectivity index (χ0v) is 13.4. The number of para-hydroxylation sites is 3. The number of fused-ring (bicyclic) bond motifs is 1. The highest BCUT2D eigenvalue weighted by Gasteiger charge is 2.10. The number of benzene rings is 2. The largest absolute Gasteiger partial charge is 0.325 e. The van der Waals surface area contributed by atoms with Gasteiger partial charge in [-0.2, -0.15) is 0 Å². The fourth-order valence-corrected chi connectivity index (χ4v) is 3.07. The molecule has 0 saturated heterocycles. The van der Waals surface area contributed by atoms with Crippen molar-refractivity contribution in [3.63, 3.8) is 0 Å². The van der Waals surface area contributed by atoms with E-state index in [1.807, 2.05) is 67.1 Å². The van der Waals surface area contributed by atoms with Gasteiger partial charge < -0.3 is 9.88 Å². The summed E-state index contributed by atoms with van der Waals surface area (Å²) in [5.41, 5.74) is 3.94. The third-order valence-corrected chi connectivity index (χ3v) is 4.53. The van der Waals surface area contributed by atoms with Crippen LogP contribution in [0, 0.1) is 6.92 Å². The molecule has 1 heterocycles. The van der Waals surface area contributed by atoms with Crippen LogP contribution >= 0.6 is 11.8 Å². The molecular formula is C17H17N3OS. The van der Waals surface area contributed by atoms with Crippen LogP contribution in [0.15, 0.2) is 53.7 Å². The molecule has 4 nitrogen and oxygen atoms in total. The van der Waals surface area contributed by atoms with Gasteiger partial charge in [0.1, 0.15) is 0 Å². The molecule has 1 N–H and O–H groups in total. The second-order valence-corrected chi connectivity index (χ2v) is 6.04. The third-order valence-electron chi connectivity index (χ3n) is 3.50. The van der Waals surface area contributed by atoms with Crippen molar-refractivity contribution in [3.05, 3.63) is 54.1 Å². The lowest BCUT2D eigenvalue weighted by Crippen LogP contribution is -2.15. The topological polar surface area (TPSA) is 46.9 Å². The van der Waals surface area contributed by atoms with Gasteiger partial charge in [-0.05, 0) is 30.7 Å². The monoisotopic (exact) mass is 311 g/mol. The molecule has 0 radical (unpaired) electrons. The maximum absolute atomic E-state index is 12.1. The van der Waals surface area contributed by atoms with Gasteiger partial charge in [0.15, 0.2) is 5.16 Å². The van der Waals surface area contributed by atoms with Gasteiger partial charge in [0.05, 0.1) is 16.8 Å². The molecule has 1 aromatic heterocycles. The Balaban J connectivity index is 1.68.